The van der Waals surface area contributed by atoms with Gasteiger partial charge in [0.05, 0.1) is 0 Å². The minimum Gasteiger partial charge on any atom is -0.0823 e. The van der Waals surface area contributed by atoms with Crippen LogP contribution in [0.4, 0.5) is 0 Å². The standard InChI is InChI=1S/C8H15N3/c1-2-3-4-5-6-7-8-10-11-9/h7-8H,2-6H2,1H3. The number of rotatable bonds is 6. The molecule has 0 fully saturated rings. The zero-order valence-corrected chi connectivity index (χ0v) is 7.03. The smallest absolute Gasteiger partial charge is 0.00474 e. The van der Waals surface area contributed by atoms with Gasteiger partial charge < -0.3 is 0 Å². The van der Waals surface area contributed by atoms with Gasteiger partial charge in [0, 0.05) is 4.91 Å². The van der Waals surface area contributed by atoms with E-state index in [0.717, 1.165) is 6.42 Å². The molecule has 3 heteroatoms. The van der Waals surface area contributed by atoms with Gasteiger partial charge in [-0.15, -0.1) is 0 Å². The first-order valence-corrected chi connectivity index (χ1v) is 4.11. The summed E-state index contributed by atoms with van der Waals surface area (Å²) in [4.78, 5) is 2.61. The first-order valence-electron chi connectivity index (χ1n) is 4.11. The summed E-state index contributed by atoms with van der Waals surface area (Å²) in [5.74, 6) is 0. The maximum atomic E-state index is 7.91. The second-order valence-electron chi connectivity index (χ2n) is 2.44. The molecule has 0 bridgehead atoms. The van der Waals surface area contributed by atoms with E-state index in [1.54, 1.807) is 0 Å². The number of hydrogen-bond acceptors (Lipinski definition) is 1. The lowest BCUT2D eigenvalue weighted by molar-refractivity contribution is 0.674. The highest BCUT2D eigenvalue weighted by atomic mass is 15.1. The van der Waals surface area contributed by atoms with Crippen molar-refractivity contribution in [2.24, 2.45) is 5.11 Å². The van der Waals surface area contributed by atoms with Crippen LogP contribution in [0.15, 0.2) is 17.4 Å². The summed E-state index contributed by atoms with van der Waals surface area (Å²) in [7, 11) is 0. The Labute approximate surface area is 67.7 Å². The van der Waals surface area contributed by atoms with Gasteiger partial charge >= 0.3 is 0 Å². The van der Waals surface area contributed by atoms with Gasteiger partial charge in [-0.2, -0.15) is 0 Å². The molecule has 0 aromatic heterocycles. The van der Waals surface area contributed by atoms with Crippen LogP contribution >= 0.6 is 0 Å². The summed E-state index contributed by atoms with van der Waals surface area (Å²) in [6, 6.07) is 0. The summed E-state index contributed by atoms with van der Waals surface area (Å²) in [6.45, 7) is 2.19. The third kappa shape index (κ3) is 9.05. The van der Waals surface area contributed by atoms with Gasteiger partial charge in [-0.05, 0) is 24.6 Å². The van der Waals surface area contributed by atoms with Crippen molar-refractivity contribution in [1.29, 1.82) is 0 Å². The van der Waals surface area contributed by atoms with Crippen molar-refractivity contribution >= 4 is 0 Å². The molecule has 0 heterocycles. The monoisotopic (exact) mass is 153 g/mol. The number of hydrogen-bond donors (Lipinski definition) is 0. The van der Waals surface area contributed by atoms with Crippen molar-refractivity contribution in [1.82, 2.24) is 0 Å². The minimum absolute atomic E-state index is 1.03. The third-order valence-corrected chi connectivity index (χ3v) is 1.45. The van der Waals surface area contributed by atoms with Crippen LogP contribution in [0.25, 0.3) is 10.4 Å². The van der Waals surface area contributed by atoms with Crippen LogP contribution in [0.5, 0.6) is 0 Å². The fourth-order valence-corrected chi connectivity index (χ4v) is 0.840. The molecule has 0 rings (SSSR count). The summed E-state index contributed by atoms with van der Waals surface area (Å²) in [5.41, 5.74) is 7.91. The topological polar surface area (TPSA) is 48.8 Å². The minimum atomic E-state index is 1.03. The normalized spacial score (nSPS) is 9.91. The number of allylic oxidation sites excluding steroid dienone is 1. The Morgan fingerprint density at radius 1 is 1.36 bits per heavy atom. The SMILES string of the molecule is CCCCCCC=CN=[N+]=[N-]. The zero-order valence-electron chi connectivity index (χ0n) is 7.03. The number of unbranched alkanes of at least 4 members (excludes halogenated alkanes) is 4. The molecule has 0 unspecified atom stereocenters. The predicted molar refractivity (Wildman–Crippen MR) is 47.0 cm³/mol. The highest BCUT2D eigenvalue weighted by Crippen LogP contribution is 2.02. The van der Waals surface area contributed by atoms with E-state index in [1.807, 2.05) is 6.08 Å². The molecule has 0 saturated carbocycles. The van der Waals surface area contributed by atoms with Crippen molar-refractivity contribution in [3.05, 3.63) is 22.7 Å². The first-order chi connectivity index (χ1) is 5.41. The second kappa shape index (κ2) is 9.05. The average molecular weight is 153 g/mol. The molecule has 0 aliphatic carbocycles. The van der Waals surface area contributed by atoms with E-state index in [0.29, 0.717) is 0 Å². The lowest BCUT2D eigenvalue weighted by Crippen LogP contribution is -1.72. The summed E-state index contributed by atoms with van der Waals surface area (Å²) in [6.07, 6.45) is 9.50. The van der Waals surface area contributed by atoms with Gasteiger partial charge in [-0.3, -0.25) is 0 Å². The Morgan fingerprint density at radius 3 is 2.82 bits per heavy atom. The van der Waals surface area contributed by atoms with E-state index in [4.69, 9.17) is 5.53 Å². The summed E-state index contributed by atoms with van der Waals surface area (Å²) < 4.78 is 0. The van der Waals surface area contributed by atoms with Crippen LogP contribution < -0.4 is 0 Å². The molecule has 62 valence electrons. The Morgan fingerprint density at radius 2 is 2.18 bits per heavy atom. The molecule has 0 N–H and O–H groups in total. The Hall–Kier alpha value is -0.950. The Balaban J connectivity index is 3.07. The molecule has 0 aromatic rings. The Bertz CT molecular complexity index is 145. The van der Waals surface area contributed by atoms with Crippen molar-refractivity contribution in [2.75, 3.05) is 0 Å². The molecule has 0 amide bonds. The van der Waals surface area contributed by atoms with Gasteiger partial charge in [0.2, 0.25) is 0 Å². The fraction of sp³-hybridized carbons (Fsp3) is 0.750. The maximum Gasteiger partial charge on any atom is 0.00474 e. The molecule has 0 aromatic carbocycles. The predicted octanol–water partition coefficient (Wildman–Crippen LogP) is 3.78. The van der Waals surface area contributed by atoms with Gasteiger partial charge in [0.25, 0.3) is 0 Å². The highest BCUT2D eigenvalue weighted by molar-refractivity contribution is 4.79. The third-order valence-electron chi connectivity index (χ3n) is 1.45. The quantitative estimate of drug-likeness (QED) is 0.241. The summed E-state index contributed by atoms with van der Waals surface area (Å²) in [5, 5.41) is 3.29. The molecule has 3 nitrogen and oxygen atoms in total. The van der Waals surface area contributed by atoms with Gasteiger partial charge in [-0.25, -0.2) is 0 Å². The van der Waals surface area contributed by atoms with Crippen molar-refractivity contribution in [3.8, 4) is 0 Å². The zero-order chi connectivity index (χ0) is 8.36. The maximum absolute atomic E-state index is 7.91. The lowest BCUT2D eigenvalue weighted by Gasteiger charge is -1.92. The van der Waals surface area contributed by atoms with E-state index < -0.39 is 0 Å². The van der Waals surface area contributed by atoms with Crippen LogP contribution in [-0.2, 0) is 0 Å². The molecule has 0 spiro atoms. The molecule has 0 aliphatic rings. The van der Waals surface area contributed by atoms with E-state index in [9.17, 15) is 0 Å². The van der Waals surface area contributed by atoms with Crippen molar-refractivity contribution in [2.45, 2.75) is 39.0 Å². The molecule has 0 radical (unpaired) electrons. The fourth-order valence-electron chi connectivity index (χ4n) is 0.840. The van der Waals surface area contributed by atoms with Crippen LogP contribution in [-0.4, -0.2) is 0 Å². The van der Waals surface area contributed by atoms with Crippen LogP contribution in [0, 0.1) is 0 Å². The van der Waals surface area contributed by atoms with Crippen LogP contribution in [0.2, 0.25) is 0 Å². The van der Waals surface area contributed by atoms with Crippen LogP contribution in [0.1, 0.15) is 39.0 Å². The molecular formula is C8H15N3. The van der Waals surface area contributed by atoms with Crippen LogP contribution in [0.3, 0.4) is 0 Å². The molecule has 0 aliphatic heterocycles. The lowest BCUT2D eigenvalue weighted by atomic mass is 10.1. The van der Waals surface area contributed by atoms with E-state index >= 15 is 0 Å². The van der Waals surface area contributed by atoms with E-state index in [2.05, 4.69) is 16.9 Å². The molecule has 11 heavy (non-hydrogen) atoms. The van der Waals surface area contributed by atoms with E-state index in [-0.39, 0.29) is 0 Å². The second-order valence-corrected chi connectivity index (χ2v) is 2.44. The van der Waals surface area contributed by atoms with E-state index in [1.165, 1.54) is 31.9 Å². The van der Waals surface area contributed by atoms with Crippen molar-refractivity contribution < 1.29 is 0 Å². The summed E-state index contributed by atoms with van der Waals surface area (Å²) >= 11 is 0. The van der Waals surface area contributed by atoms with Gasteiger partial charge in [0.15, 0.2) is 0 Å². The average Bonchev–Trinajstić information content (AvgIpc) is 2.03. The largest absolute Gasteiger partial charge is 0.0823 e. The molecular weight excluding hydrogens is 138 g/mol. The van der Waals surface area contributed by atoms with Crippen molar-refractivity contribution in [3.63, 3.8) is 0 Å². The molecule has 0 saturated heterocycles. The first kappa shape index (κ1) is 10.0. The molecule has 0 atom stereocenters. The Kier molecular flexibility index (Phi) is 8.27. The number of azide groups is 1. The van der Waals surface area contributed by atoms with Gasteiger partial charge in [-0.1, -0.05) is 37.4 Å². The number of nitrogens with zero attached hydrogens (tertiary/aromatic N) is 3. The highest BCUT2D eigenvalue weighted by Gasteiger charge is 1.82. The van der Waals surface area contributed by atoms with Gasteiger partial charge in [0.1, 0.15) is 0 Å².